The second kappa shape index (κ2) is 6.43. The standard InChI is InChI=1S/C12H20F3N3O2/c1-3-5-17-9(19)7-18(2)10(20)11(12(13,14)15)4-6-16-8-11/h16H,3-8H2,1-2H3,(H,17,19). The maximum Gasteiger partial charge on any atom is 0.404 e. The number of nitrogens with one attached hydrogen (secondary N) is 2. The molecular weight excluding hydrogens is 275 g/mol. The van der Waals surface area contributed by atoms with Gasteiger partial charge in [0.25, 0.3) is 0 Å². The molecule has 20 heavy (non-hydrogen) atoms. The molecule has 2 amide bonds. The Bertz CT molecular complexity index is 365. The third-order valence-corrected chi connectivity index (χ3v) is 3.41. The van der Waals surface area contributed by atoms with Gasteiger partial charge in [0, 0.05) is 20.1 Å². The van der Waals surface area contributed by atoms with Crippen LogP contribution in [0.25, 0.3) is 0 Å². The van der Waals surface area contributed by atoms with Crippen LogP contribution < -0.4 is 10.6 Å². The molecule has 0 aromatic carbocycles. The fourth-order valence-corrected chi connectivity index (χ4v) is 2.21. The van der Waals surface area contributed by atoms with Crippen LogP contribution in [0.1, 0.15) is 19.8 Å². The Labute approximate surface area is 115 Å². The highest BCUT2D eigenvalue weighted by molar-refractivity contribution is 5.88. The summed E-state index contributed by atoms with van der Waals surface area (Å²) in [6, 6.07) is 0. The van der Waals surface area contributed by atoms with Gasteiger partial charge < -0.3 is 15.5 Å². The van der Waals surface area contributed by atoms with Crippen molar-refractivity contribution in [1.82, 2.24) is 15.5 Å². The number of rotatable bonds is 5. The molecule has 0 saturated carbocycles. The monoisotopic (exact) mass is 295 g/mol. The van der Waals surface area contributed by atoms with Crippen molar-refractivity contribution in [2.75, 3.05) is 33.2 Å². The van der Waals surface area contributed by atoms with E-state index in [2.05, 4.69) is 10.6 Å². The molecular formula is C12H20F3N3O2. The summed E-state index contributed by atoms with van der Waals surface area (Å²) in [6.45, 7) is 1.64. The van der Waals surface area contributed by atoms with Crippen LogP contribution in [0.15, 0.2) is 0 Å². The maximum atomic E-state index is 13.2. The molecule has 1 unspecified atom stereocenters. The maximum absolute atomic E-state index is 13.2. The number of carbonyl (C=O) groups is 2. The SMILES string of the molecule is CCCNC(=O)CN(C)C(=O)C1(C(F)(F)F)CCNC1. The Morgan fingerprint density at radius 3 is 2.50 bits per heavy atom. The second-order valence-corrected chi connectivity index (χ2v) is 5.02. The van der Waals surface area contributed by atoms with Crippen LogP contribution in [-0.2, 0) is 9.59 Å². The van der Waals surface area contributed by atoms with E-state index in [0.717, 1.165) is 11.3 Å². The highest BCUT2D eigenvalue weighted by Gasteiger charge is 2.62. The molecule has 0 aromatic heterocycles. The van der Waals surface area contributed by atoms with Gasteiger partial charge in [-0.15, -0.1) is 0 Å². The molecule has 0 bridgehead atoms. The van der Waals surface area contributed by atoms with Gasteiger partial charge in [0.15, 0.2) is 5.41 Å². The minimum absolute atomic E-state index is 0.140. The summed E-state index contributed by atoms with van der Waals surface area (Å²) in [5.41, 5.74) is -2.41. The van der Waals surface area contributed by atoms with E-state index in [1.165, 1.54) is 7.05 Å². The van der Waals surface area contributed by atoms with Crippen molar-refractivity contribution in [1.29, 1.82) is 0 Å². The lowest BCUT2D eigenvalue weighted by Crippen LogP contribution is -2.54. The average Bonchev–Trinajstić information content (AvgIpc) is 2.85. The Morgan fingerprint density at radius 1 is 1.40 bits per heavy atom. The number of hydrogen-bond donors (Lipinski definition) is 2. The van der Waals surface area contributed by atoms with E-state index >= 15 is 0 Å². The molecule has 1 fully saturated rings. The van der Waals surface area contributed by atoms with Crippen LogP contribution in [0.4, 0.5) is 13.2 Å². The van der Waals surface area contributed by atoms with E-state index in [-0.39, 0.29) is 19.5 Å². The predicted octanol–water partition coefficient (Wildman–Crippen LogP) is 0.513. The van der Waals surface area contributed by atoms with Gasteiger partial charge in [0.05, 0.1) is 6.54 Å². The Hall–Kier alpha value is -1.31. The predicted molar refractivity (Wildman–Crippen MR) is 66.9 cm³/mol. The summed E-state index contributed by atoms with van der Waals surface area (Å²) in [5.74, 6) is -1.51. The van der Waals surface area contributed by atoms with Crippen molar-refractivity contribution < 1.29 is 22.8 Å². The largest absolute Gasteiger partial charge is 0.404 e. The second-order valence-electron chi connectivity index (χ2n) is 5.02. The zero-order chi connectivity index (χ0) is 15.4. The molecule has 0 aromatic rings. The van der Waals surface area contributed by atoms with Gasteiger partial charge in [0.1, 0.15) is 0 Å². The third kappa shape index (κ3) is 3.41. The summed E-state index contributed by atoms with van der Waals surface area (Å²) in [7, 11) is 1.22. The summed E-state index contributed by atoms with van der Waals surface area (Å²) in [5, 5.41) is 5.11. The minimum Gasteiger partial charge on any atom is -0.355 e. The molecule has 1 heterocycles. The highest BCUT2D eigenvalue weighted by Crippen LogP contribution is 2.44. The lowest BCUT2D eigenvalue weighted by molar-refractivity contribution is -0.221. The molecule has 1 aliphatic heterocycles. The molecule has 1 atom stereocenters. The number of nitrogens with zero attached hydrogens (tertiary/aromatic N) is 1. The van der Waals surface area contributed by atoms with Crippen LogP contribution >= 0.6 is 0 Å². The van der Waals surface area contributed by atoms with Crippen molar-refractivity contribution in [2.24, 2.45) is 5.41 Å². The smallest absolute Gasteiger partial charge is 0.355 e. The van der Waals surface area contributed by atoms with Crippen LogP contribution in [0.2, 0.25) is 0 Å². The van der Waals surface area contributed by atoms with Crippen LogP contribution in [-0.4, -0.2) is 56.1 Å². The van der Waals surface area contributed by atoms with Crippen molar-refractivity contribution in [3.8, 4) is 0 Å². The summed E-state index contributed by atoms with van der Waals surface area (Å²) in [6.07, 6.45) is -4.20. The lowest BCUT2D eigenvalue weighted by Gasteiger charge is -2.33. The van der Waals surface area contributed by atoms with Crippen molar-refractivity contribution in [2.45, 2.75) is 25.9 Å². The van der Waals surface area contributed by atoms with E-state index in [4.69, 9.17) is 0 Å². The first-order valence-electron chi connectivity index (χ1n) is 6.54. The van der Waals surface area contributed by atoms with Gasteiger partial charge in [0.2, 0.25) is 11.8 Å². The topological polar surface area (TPSA) is 61.4 Å². The molecule has 2 N–H and O–H groups in total. The lowest BCUT2D eigenvalue weighted by atomic mass is 9.84. The molecule has 0 aliphatic carbocycles. The summed E-state index contributed by atoms with van der Waals surface area (Å²) >= 11 is 0. The quantitative estimate of drug-likeness (QED) is 0.777. The van der Waals surface area contributed by atoms with Crippen molar-refractivity contribution in [3.63, 3.8) is 0 Å². The summed E-state index contributed by atoms with van der Waals surface area (Å²) in [4.78, 5) is 24.4. The van der Waals surface area contributed by atoms with Crippen LogP contribution in [0.5, 0.6) is 0 Å². The fourth-order valence-electron chi connectivity index (χ4n) is 2.21. The van der Waals surface area contributed by atoms with Crippen LogP contribution in [0.3, 0.4) is 0 Å². The first-order chi connectivity index (χ1) is 9.24. The molecule has 1 aliphatic rings. The normalized spacial score (nSPS) is 22.6. The van der Waals surface area contributed by atoms with Gasteiger partial charge in [-0.3, -0.25) is 9.59 Å². The molecule has 8 heteroatoms. The molecule has 116 valence electrons. The zero-order valence-electron chi connectivity index (χ0n) is 11.6. The van der Waals surface area contributed by atoms with E-state index in [9.17, 15) is 22.8 Å². The van der Waals surface area contributed by atoms with E-state index in [1.54, 1.807) is 0 Å². The van der Waals surface area contributed by atoms with Crippen molar-refractivity contribution in [3.05, 3.63) is 0 Å². The molecule has 0 radical (unpaired) electrons. The molecule has 0 spiro atoms. The number of carbonyl (C=O) groups excluding carboxylic acids is 2. The first kappa shape index (κ1) is 16.7. The number of amides is 2. The van der Waals surface area contributed by atoms with Gasteiger partial charge in [-0.05, 0) is 19.4 Å². The van der Waals surface area contributed by atoms with Gasteiger partial charge in [-0.2, -0.15) is 13.2 Å². The summed E-state index contributed by atoms with van der Waals surface area (Å²) < 4.78 is 39.5. The zero-order valence-corrected chi connectivity index (χ0v) is 11.6. The Kier molecular flexibility index (Phi) is 5.38. The molecule has 5 nitrogen and oxygen atoms in total. The van der Waals surface area contributed by atoms with E-state index < -0.39 is 30.0 Å². The number of hydrogen-bond acceptors (Lipinski definition) is 3. The highest BCUT2D eigenvalue weighted by atomic mass is 19.4. The molecule has 1 rings (SSSR count). The number of alkyl halides is 3. The third-order valence-electron chi connectivity index (χ3n) is 3.41. The fraction of sp³-hybridized carbons (Fsp3) is 0.833. The molecule has 1 saturated heterocycles. The van der Waals surface area contributed by atoms with E-state index in [1.807, 2.05) is 6.92 Å². The first-order valence-corrected chi connectivity index (χ1v) is 6.54. The van der Waals surface area contributed by atoms with Gasteiger partial charge >= 0.3 is 6.18 Å². The van der Waals surface area contributed by atoms with Crippen molar-refractivity contribution >= 4 is 11.8 Å². The number of halogens is 3. The van der Waals surface area contributed by atoms with Crippen LogP contribution in [0, 0.1) is 5.41 Å². The van der Waals surface area contributed by atoms with Gasteiger partial charge in [-0.25, -0.2) is 0 Å². The minimum atomic E-state index is -4.62. The Balaban J connectivity index is 2.73. The van der Waals surface area contributed by atoms with Gasteiger partial charge in [-0.1, -0.05) is 6.92 Å². The Morgan fingerprint density at radius 2 is 2.05 bits per heavy atom. The average molecular weight is 295 g/mol. The van der Waals surface area contributed by atoms with E-state index in [0.29, 0.717) is 6.54 Å². The number of likely N-dealkylation sites (N-methyl/N-ethyl adjacent to an activating group) is 1.